The van der Waals surface area contributed by atoms with Crippen molar-refractivity contribution in [3.63, 3.8) is 0 Å². The van der Waals surface area contributed by atoms with Gasteiger partial charge >= 0.3 is 0 Å². The minimum absolute atomic E-state index is 0. The van der Waals surface area contributed by atoms with Crippen LogP contribution in [0.5, 0.6) is 0 Å². The van der Waals surface area contributed by atoms with Gasteiger partial charge in [-0.05, 0) is 43.2 Å². The van der Waals surface area contributed by atoms with Crippen molar-refractivity contribution in [2.45, 2.75) is 33.1 Å². The van der Waals surface area contributed by atoms with E-state index in [0.29, 0.717) is 5.96 Å². The third-order valence-corrected chi connectivity index (χ3v) is 4.77. The van der Waals surface area contributed by atoms with Gasteiger partial charge in [-0.1, -0.05) is 25.1 Å². The van der Waals surface area contributed by atoms with Crippen LogP contribution in [0.1, 0.15) is 30.9 Å². The van der Waals surface area contributed by atoms with Crippen molar-refractivity contribution >= 4 is 40.8 Å². The number of halogens is 1. The van der Waals surface area contributed by atoms with Crippen molar-refractivity contribution in [3.8, 4) is 0 Å². The number of hydrogen-bond acceptors (Lipinski definition) is 1. The number of nitrogens with two attached hydrogens (primary N) is 1. The van der Waals surface area contributed by atoms with Crippen LogP contribution >= 0.6 is 24.0 Å². The number of aromatic nitrogens is 1. The van der Waals surface area contributed by atoms with Crippen molar-refractivity contribution < 1.29 is 0 Å². The lowest BCUT2D eigenvalue weighted by Gasteiger charge is -2.31. The molecule has 0 spiro atoms. The van der Waals surface area contributed by atoms with E-state index in [2.05, 4.69) is 53.1 Å². The lowest BCUT2D eigenvalue weighted by molar-refractivity contribution is 0.277. The first-order chi connectivity index (χ1) is 10.6. The van der Waals surface area contributed by atoms with E-state index in [1.807, 2.05) is 0 Å². The monoisotopic (exact) mass is 426 g/mol. The van der Waals surface area contributed by atoms with Crippen LogP contribution in [0.2, 0.25) is 0 Å². The third kappa shape index (κ3) is 4.19. The predicted molar refractivity (Wildman–Crippen MR) is 109 cm³/mol. The number of nitrogens with one attached hydrogen (secondary N) is 1. The van der Waals surface area contributed by atoms with Gasteiger partial charge in [-0.3, -0.25) is 4.99 Å². The Morgan fingerprint density at radius 1 is 1.35 bits per heavy atom. The van der Waals surface area contributed by atoms with Crippen LogP contribution < -0.4 is 5.73 Å². The SMILES string of the molecule is Cc1cccc2c(CCN=C(N)N3CCC(C)CC3)c[nH]c12.I. The van der Waals surface area contributed by atoms with Crippen LogP contribution in [0.25, 0.3) is 10.9 Å². The van der Waals surface area contributed by atoms with E-state index < -0.39 is 0 Å². The van der Waals surface area contributed by atoms with Crippen LogP contribution in [0.3, 0.4) is 0 Å². The molecule has 0 aliphatic carbocycles. The number of guanidine groups is 1. The minimum atomic E-state index is 0. The Bertz CT molecular complexity index is 669. The predicted octanol–water partition coefficient (Wildman–Crippen LogP) is 3.68. The molecule has 2 aromatic rings. The number of piperidine rings is 1. The normalized spacial score (nSPS) is 16.6. The zero-order valence-electron chi connectivity index (χ0n) is 14.0. The number of likely N-dealkylation sites (tertiary alicyclic amines) is 1. The first-order valence-corrected chi connectivity index (χ1v) is 8.25. The number of hydrogen-bond donors (Lipinski definition) is 2. The number of fused-ring (bicyclic) bond motifs is 1. The second kappa shape index (κ2) is 8.04. The number of para-hydroxylation sites is 1. The third-order valence-electron chi connectivity index (χ3n) is 4.77. The van der Waals surface area contributed by atoms with Gasteiger partial charge in [0.2, 0.25) is 0 Å². The molecule has 3 rings (SSSR count). The molecule has 1 fully saturated rings. The molecule has 1 aliphatic rings. The number of H-pyrrole nitrogens is 1. The Labute approximate surface area is 155 Å². The van der Waals surface area contributed by atoms with Crippen molar-refractivity contribution in [1.29, 1.82) is 0 Å². The zero-order chi connectivity index (χ0) is 15.5. The number of aliphatic imine (C=N–C) groups is 1. The molecule has 0 atom stereocenters. The standard InChI is InChI=1S/C18H26N4.HI/c1-13-7-10-22(11-8-13)18(19)20-9-6-15-12-21-17-14(2)4-3-5-16(15)17;/h3-5,12-13,21H,6-11H2,1-2H3,(H2,19,20);1H. The van der Waals surface area contributed by atoms with E-state index in [-0.39, 0.29) is 24.0 Å². The van der Waals surface area contributed by atoms with Gasteiger partial charge in [0, 0.05) is 36.7 Å². The average molecular weight is 426 g/mol. The molecule has 23 heavy (non-hydrogen) atoms. The van der Waals surface area contributed by atoms with Gasteiger partial charge in [-0.15, -0.1) is 24.0 Å². The second-order valence-electron chi connectivity index (χ2n) is 6.47. The van der Waals surface area contributed by atoms with Crippen molar-refractivity contribution in [1.82, 2.24) is 9.88 Å². The average Bonchev–Trinajstić information content (AvgIpc) is 2.93. The molecule has 5 heteroatoms. The van der Waals surface area contributed by atoms with Crippen molar-refractivity contribution in [2.75, 3.05) is 19.6 Å². The summed E-state index contributed by atoms with van der Waals surface area (Å²) in [5.41, 5.74) is 9.98. The topological polar surface area (TPSA) is 57.4 Å². The van der Waals surface area contributed by atoms with Gasteiger partial charge in [0.1, 0.15) is 0 Å². The Kier molecular flexibility index (Phi) is 6.33. The highest BCUT2D eigenvalue weighted by Crippen LogP contribution is 2.21. The summed E-state index contributed by atoms with van der Waals surface area (Å²) in [4.78, 5) is 10.2. The number of nitrogens with zero attached hydrogens (tertiary/aromatic N) is 2. The number of rotatable bonds is 3. The fraction of sp³-hybridized carbons (Fsp3) is 0.500. The fourth-order valence-corrected chi connectivity index (χ4v) is 3.20. The summed E-state index contributed by atoms with van der Waals surface area (Å²) < 4.78 is 0. The van der Waals surface area contributed by atoms with Crippen LogP contribution in [0.15, 0.2) is 29.4 Å². The molecule has 0 saturated carbocycles. The summed E-state index contributed by atoms with van der Waals surface area (Å²) in [6.07, 6.45) is 5.47. The summed E-state index contributed by atoms with van der Waals surface area (Å²) in [5, 5.41) is 1.31. The van der Waals surface area contributed by atoms with Gasteiger partial charge in [0.25, 0.3) is 0 Å². The number of aryl methyl sites for hydroxylation is 1. The lowest BCUT2D eigenvalue weighted by Crippen LogP contribution is -2.42. The molecule has 0 unspecified atom stereocenters. The molecular weight excluding hydrogens is 399 g/mol. The van der Waals surface area contributed by atoms with Gasteiger partial charge in [-0.2, -0.15) is 0 Å². The molecule has 2 heterocycles. The molecule has 0 amide bonds. The maximum Gasteiger partial charge on any atom is 0.191 e. The Balaban J connectivity index is 0.00000192. The van der Waals surface area contributed by atoms with Crippen LogP contribution in [0, 0.1) is 12.8 Å². The molecule has 1 aromatic carbocycles. The highest BCUT2D eigenvalue weighted by Gasteiger charge is 2.16. The molecule has 0 radical (unpaired) electrons. The van der Waals surface area contributed by atoms with E-state index in [1.54, 1.807) is 0 Å². The van der Waals surface area contributed by atoms with Crippen LogP contribution in [0.4, 0.5) is 0 Å². The van der Waals surface area contributed by atoms with Crippen molar-refractivity contribution in [3.05, 3.63) is 35.5 Å². The molecule has 3 N–H and O–H groups in total. The molecule has 0 bridgehead atoms. The highest BCUT2D eigenvalue weighted by molar-refractivity contribution is 14.0. The minimum Gasteiger partial charge on any atom is -0.370 e. The van der Waals surface area contributed by atoms with Crippen molar-refractivity contribution in [2.24, 2.45) is 16.6 Å². The first kappa shape index (κ1) is 18.1. The maximum atomic E-state index is 6.14. The molecule has 1 aromatic heterocycles. The number of aromatic amines is 1. The quantitative estimate of drug-likeness (QED) is 0.447. The largest absolute Gasteiger partial charge is 0.370 e. The van der Waals surface area contributed by atoms with Gasteiger partial charge in [-0.25, -0.2) is 0 Å². The summed E-state index contributed by atoms with van der Waals surface area (Å²) >= 11 is 0. The summed E-state index contributed by atoms with van der Waals surface area (Å²) in [6, 6.07) is 6.42. The van der Waals surface area contributed by atoms with E-state index in [9.17, 15) is 0 Å². The van der Waals surface area contributed by atoms with Crippen LogP contribution in [-0.2, 0) is 6.42 Å². The van der Waals surface area contributed by atoms with E-state index in [1.165, 1.54) is 34.9 Å². The molecule has 1 aliphatic heterocycles. The Hall–Kier alpha value is -1.24. The summed E-state index contributed by atoms with van der Waals surface area (Å²) in [6.45, 7) is 7.28. The molecule has 126 valence electrons. The smallest absolute Gasteiger partial charge is 0.191 e. The second-order valence-corrected chi connectivity index (χ2v) is 6.47. The Morgan fingerprint density at radius 3 is 2.83 bits per heavy atom. The van der Waals surface area contributed by atoms with Gasteiger partial charge < -0.3 is 15.6 Å². The molecule has 1 saturated heterocycles. The molecular formula is C18H27IN4. The van der Waals surface area contributed by atoms with Gasteiger partial charge in [0.15, 0.2) is 5.96 Å². The van der Waals surface area contributed by atoms with E-state index >= 15 is 0 Å². The van der Waals surface area contributed by atoms with Gasteiger partial charge in [0.05, 0.1) is 0 Å². The fourth-order valence-electron chi connectivity index (χ4n) is 3.20. The summed E-state index contributed by atoms with van der Waals surface area (Å²) in [7, 11) is 0. The van der Waals surface area contributed by atoms with Crippen LogP contribution in [-0.4, -0.2) is 35.5 Å². The molecule has 4 nitrogen and oxygen atoms in total. The maximum absolute atomic E-state index is 6.14. The lowest BCUT2D eigenvalue weighted by atomic mass is 10.00. The zero-order valence-corrected chi connectivity index (χ0v) is 16.3. The summed E-state index contributed by atoms with van der Waals surface area (Å²) in [5.74, 6) is 1.53. The first-order valence-electron chi connectivity index (χ1n) is 8.25. The highest BCUT2D eigenvalue weighted by atomic mass is 127. The number of benzene rings is 1. The Morgan fingerprint density at radius 2 is 2.09 bits per heavy atom. The van der Waals surface area contributed by atoms with E-state index in [4.69, 9.17) is 5.73 Å². The van der Waals surface area contributed by atoms with E-state index in [0.717, 1.165) is 32.0 Å².